The van der Waals surface area contributed by atoms with Crippen LogP contribution in [0.4, 0.5) is 0 Å². The molecule has 8 heavy (non-hydrogen) atoms. The second kappa shape index (κ2) is 5.67. The van der Waals surface area contributed by atoms with Crippen molar-refractivity contribution in [2.24, 2.45) is 0 Å². The first-order chi connectivity index (χ1) is 3.89. The van der Waals surface area contributed by atoms with E-state index in [2.05, 4.69) is 18.2 Å². The first-order valence-corrected chi connectivity index (χ1v) is 4.54. The van der Waals surface area contributed by atoms with Crippen LogP contribution in [0.1, 0.15) is 6.42 Å². The van der Waals surface area contributed by atoms with Crippen LogP contribution in [-0.4, -0.2) is 15.3 Å². The molecule has 0 atom stereocenters. The maximum atomic E-state index is 7.14. The molecule has 0 aromatic rings. The number of rotatable bonds is 0. The van der Waals surface area contributed by atoms with Crippen LogP contribution >= 0.6 is 0 Å². The van der Waals surface area contributed by atoms with Crippen molar-refractivity contribution in [3.05, 3.63) is 21.5 Å². The molecule has 0 bridgehead atoms. The van der Waals surface area contributed by atoms with E-state index in [0.29, 0.717) is 10.5 Å². The van der Waals surface area contributed by atoms with Gasteiger partial charge in [0, 0.05) is 0 Å². The van der Waals surface area contributed by atoms with Crippen molar-refractivity contribution in [1.82, 2.24) is 0 Å². The maximum absolute atomic E-state index is 7.14. The molecule has 3 heteroatoms. The molecule has 0 amide bonds. The molecule has 0 saturated heterocycles. The SMILES string of the molecule is O[SiH3].[Zr][C]1=CC=CC1. The van der Waals surface area contributed by atoms with Crippen molar-refractivity contribution in [1.29, 1.82) is 0 Å². The fourth-order valence-electron chi connectivity index (χ4n) is 0.447. The van der Waals surface area contributed by atoms with E-state index in [4.69, 9.17) is 4.80 Å². The molecule has 0 spiro atoms. The normalized spacial score (nSPS) is 14.8. The van der Waals surface area contributed by atoms with Crippen LogP contribution in [0.3, 0.4) is 0 Å². The van der Waals surface area contributed by atoms with Gasteiger partial charge in [-0.2, -0.15) is 0 Å². The van der Waals surface area contributed by atoms with E-state index >= 15 is 0 Å². The summed E-state index contributed by atoms with van der Waals surface area (Å²) in [6.45, 7) is 0. The molecule has 0 radical (unpaired) electrons. The summed E-state index contributed by atoms with van der Waals surface area (Å²) in [4.78, 5) is 7.14. The molecule has 1 rings (SSSR count). The zero-order chi connectivity index (χ0) is 6.41. The summed E-state index contributed by atoms with van der Waals surface area (Å²) in [5, 5.41) is 0. The van der Waals surface area contributed by atoms with Crippen molar-refractivity contribution < 1.29 is 29.5 Å². The predicted molar refractivity (Wildman–Crippen MR) is 34.0 cm³/mol. The second-order valence-electron chi connectivity index (χ2n) is 1.32. The van der Waals surface area contributed by atoms with Crippen LogP contribution in [0.2, 0.25) is 0 Å². The molecule has 0 aliphatic heterocycles. The van der Waals surface area contributed by atoms with E-state index in [1.165, 1.54) is 6.42 Å². The Morgan fingerprint density at radius 3 is 2.38 bits per heavy atom. The van der Waals surface area contributed by atoms with Gasteiger partial charge in [-0.15, -0.1) is 0 Å². The molecule has 0 heterocycles. The molecule has 1 aliphatic rings. The Bertz CT molecular complexity index is 109. The van der Waals surface area contributed by atoms with Gasteiger partial charge in [-0.1, -0.05) is 0 Å². The topological polar surface area (TPSA) is 20.2 Å². The Morgan fingerprint density at radius 1 is 1.62 bits per heavy atom. The number of hydrogen-bond donors (Lipinski definition) is 1. The third kappa shape index (κ3) is 3.53. The fraction of sp³-hybridized carbons (Fsp3) is 0.200. The Hall–Kier alpha value is 0.540. The molecule has 0 aromatic carbocycles. The summed E-state index contributed by atoms with van der Waals surface area (Å²) in [6, 6.07) is 0. The third-order valence-corrected chi connectivity index (χ3v) is 1.68. The zero-order valence-corrected chi connectivity index (χ0v) is 9.34. The van der Waals surface area contributed by atoms with Crippen molar-refractivity contribution in [3.8, 4) is 0 Å². The van der Waals surface area contributed by atoms with Gasteiger partial charge in [0.05, 0.1) is 0 Å². The first kappa shape index (κ1) is 8.54. The Kier molecular flexibility index (Phi) is 6.06. The summed E-state index contributed by atoms with van der Waals surface area (Å²) in [7, 11) is 0.306. The standard InChI is InChI=1S/C5H5.H4OSi.Zr/c1-2-4-5-3-1;1-2;/h1-3H,4H2;1H,2H3;. The molecular formula is C5H9OSiZr. The van der Waals surface area contributed by atoms with Crippen molar-refractivity contribution in [2.75, 3.05) is 0 Å². The van der Waals surface area contributed by atoms with E-state index in [-0.39, 0.29) is 0 Å². The van der Waals surface area contributed by atoms with Crippen LogP contribution < -0.4 is 0 Å². The van der Waals surface area contributed by atoms with E-state index in [1.54, 1.807) is 28.0 Å². The van der Waals surface area contributed by atoms with Crippen LogP contribution in [-0.2, 0) is 24.7 Å². The van der Waals surface area contributed by atoms with Gasteiger partial charge in [0.2, 0.25) is 0 Å². The minimum atomic E-state index is 0.306. The van der Waals surface area contributed by atoms with Gasteiger partial charge in [0.15, 0.2) is 0 Å². The molecule has 1 nitrogen and oxygen atoms in total. The quantitative estimate of drug-likeness (QED) is 0.534. The predicted octanol–water partition coefficient (Wildman–Crippen LogP) is -0.364. The van der Waals surface area contributed by atoms with Crippen LogP contribution in [0.5, 0.6) is 0 Å². The van der Waals surface area contributed by atoms with Gasteiger partial charge in [0.25, 0.3) is 0 Å². The third-order valence-electron chi connectivity index (χ3n) is 0.771. The monoisotopic (exact) mass is 203 g/mol. The Balaban J connectivity index is 0.000000222. The van der Waals surface area contributed by atoms with Crippen molar-refractivity contribution in [2.45, 2.75) is 6.42 Å². The summed E-state index contributed by atoms with van der Waals surface area (Å²) < 4.78 is 1.56. The molecule has 1 N–H and O–H groups in total. The van der Waals surface area contributed by atoms with Crippen LogP contribution in [0.25, 0.3) is 0 Å². The van der Waals surface area contributed by atoms with E-state index < -0.39 is 0 Å². The molecule has 0 unspecified atom stereocenters. The Morgan fingerprint density at radius 2 is 2.25 bits per heavy atom. The molecule has 0 aromatic heterocycles. The molecule has 0 fully saturated rings. The summed E-state index contributed by atoms with van der Waals surface area (Å²) in [5.41, 5.74) is 0. The number of allylic oxidation sites excluding steroid dienone is 4. The van der Waals surface area contributed by atoms with Crippen LogP contribution in [0.15, 0.2) is 21.5 Å². The van der Waals surface area contributed by atoms with Gasteiger partial charge >= 0.3 is 52.6 Å². The first-order valence-electron chi connectivity index (χ1n) is 2.41. The van der Waals surface area contributed by atoms with E-state index in [9.17, 15) is 0 Å². The van der Waals surface area contributed by atoms with Gasteiger partial charge < -0.3 is 4.80 Å². The summed E-state index contributed by atoms with van der Waals surface area (Å²) >= 11 is 1.56. The Labute approximate surface area is 67.9 Å². The van der Waals surface area contributed by atoms with Crippen molar-refractivity contribution >= 4 is 10.5 Å². The fourth-order valence-corrected chi connectivity index (χ4v) is 0.973. The van der Waals surface area contributed by atoms with Gasteiger partial charge in [-0.05, 0) is 0 Å². The minimum absolute atomic E-state index is 0.306. The van der Waals surface area contributed by atoms with E-state index in [0.717, 1.165) is 0 Å². The van der Waals surface area contributed by atoms with Crippen molar-refractivity contribution in [3.63, 3.8) is 0 Å². The number of hydrogen-bond acceptors (Lipinski definition) is 1. The summed E-state index contributed by atoms with van der Waals surface area (Å²) in [5.74, 6) is 0. The molecule has 43 valence electrons. The average molecular weight is 204 g/mol. The van der Waals surface area contributed by atoms with E-state index in [1.807, 2.05) is 0 Å². The van der Waals surface area contributed by atoms with Gasteiger partial charge in [-0.3, -0.25) is 0 Å². The second-order valence-corrected chi connectivity index (χ2v) is 2.90. The van der Waals surface area contributed by atoms with Gasteiger partial charge in [0.1, 0.15) is 10.5 Å². The molecule has 1 aliphatic carbocycles. The van der Waals surface area contributed by atoms with Crippen LogP contribution in [0, 0.1) is 0 Å². The molecular weight excluding hydrogens is 195 g/mol. The summed E-state index contributed by atoms with van der Waals surface area (Å²) in [6.07, 6.45) is 7.69. The average Bonchev–Trinajstić information content (AvgIpc) is 2.24. The molecule has 0 saturated carbocycles. The van der Waals surface area contributed by atoms with Gasteiger partial charge in [-0.25, -0.2) is 0 Å². The zero-order valence-electron chi connectivity index (χ0n) is 4.89.